The van der Waals surface area contributed by atoms with Gasteiger partial charge in [0.05, 0.1) is 5.56 Å². The van der Waals surface area contributed by atoms with Gasteiger partial charge in [-0.15, -0.1) is 0 Å². The highest BCUT2D eigenvalue weighted by atomic mass is 16.1. The van der Waals surface area contributed by atoms with Gasteiger partial charge in [-0.05, 0) is 44.9 Å². The van der Waals surface area contributed by atoms with Crippen molar-refractivity contribution in [2.24, 2.45) is 11.3 Å². The molecular formula is C15H25N3O. The van der Waals surface area contributed by atoms with Gasteiger partial charge < -0.3 is 10.3 Å². The van der Waals surface area contributed by atoms with Gasteiger partial charge >= 0.3 is 0 Å². The van der Waals surface area contributed by atoms with Crippen LogP contribution < -0.4 is 10.9 Å². The van der Waals surface area contributed by atoms with Crippen molar-refractivity contribution in [2.45, 2.75) is 53.5 Å². The molecule has 2 N–H and O–H groups in total. The Bertz CT molecular complexity index is 515. The Balaban J connectivity index is 2.09. The summed E-state index contributed by atoms with van der Waals surface area (Å²) in [5.41, 5.74) is 2.03. The van der Waals surface area contributed by atoms with Gasteiger partial charge in [0.2, 0.25) is 0 Å². The zero-order valence-electron chi connectivity index (χ0n) is 12.6. The lowest BCUT2D eigenvalue weighted by atomic mass is 9.92. The van der Waals surface area contributed by atoms with Crippen LogP contribution in [0.15, 0.2) is 4.79 Å². The fourth-order valence-corrected chi connectivity index (χ4v) is 2.82. The van der Waals surface area contributed by atoms with Crippen molar-refractivity contribution in [3.8, 4) is 0 Å². The molecular weight excluding hydrogens is 238 g/mol. The fraction of sp³-hybridized carbons (Fsp3) is 0.733. The molecule has 1 aliphatic carbocycles. The molecule has 4 heteroatoms. The van der Waals surface area contributed by atoms with E-state index in [-0.39, 0.29) is 11.6 Å². The quantitative estimate of drug-likeness (QED) is 0.858. The summed E-state index contributed by atoms with van der Waals surface area (Å²) in [7, 11) is 0. The number of nitrogens with zero attached hydrogens (tertiary/aromatic N) is 1. The van der Waals surface area contributed by atoms with Crippen LogP contribution in [0.2, 0.25) is 0 Å². The molecule has 1 atom stereocenters. The van der Waals surface area contributed by atoms with Crippen molar-refractivity contribution < 1.29 is 0 Å². The van der Waals surface area contributed by atoms with E-state index in [1.165, 1.54) is 12.8 Å². The van der Waals surface area contributed by atoms with Crippen LogP contribution in [-0.2, 0) is 0 Å². The lowest BCUT2D eigenvalue weighted by Gasteiger charge is -2.23. The third-order valence-electron chi connectivity index (χ3n) is 4.57. The van der Waals surface area contributed by atoms with Crippen molar-refractivity contribution >= 4 is 0 Å². The van der Waals surface area contributed by atoms with Crippen LogP contribution >= 0.6 is 0 Å². The Morgan fingerprint density at radius 1 is 1.32 bits per heavy atom. The highest BCUT2D eigenvalue weighted by molar-refractivity contribution is 5.20. The summed E-state index contributed by atoms with van der Waals surface area (Å²) in [5.74, 6) is 1.38. The van der Waals surface area contributed by atoms with E-state index in [0.717, 1.165) is 17.8 Å². The molecule has 0 radical (unpaired) electrons. The van der Waals surface area contributed by atoms with Gasteiger partial charge in [0, 0.05) is 18.3 Å². The number of nitrogens with one attached hydrogen (secondary N) is 2. The summed E-state index contributed by atoms with van der Waals surface area (Å²) < 4.78 is 0. The lowest BCUT2D eigenvalue weighted by molar-refractivity contribution is 0.324. The summed E-state index contributed by atoms with van der Waals surface area (Å²) in [4.78, 5) is 19.2. The Morgan fingerprint density at radius 2 is 1.95 bits per heavy atom. The number of aromatic amines is 1. The van der Waals surface area contributed by atoms with Gasteiger partial charge in [0.15, 0.2) is 0 Å². The monoisotopic (exact) mass is 263 g/mol. The van der Waals surface area contributed by atoms with E-state index < -0.39 is 0 Å². The second-order valence-electron chi connectivity index (χ2n) is 6.27. The van der Waals surface area contributed by atoms with Crippen molar-refractivity contribution in [2.75, 3.05) is 6.54 Å². The largest absolute Gasteiger partial charge is 0.310 e. The van der Waals surface area contributed by atoms with Crippen LogP contribution in [0, 0.1) is 25.2 Å². The summed E-state index contributed by atoms with van der Waals surface area (Å²) >= 11 is 0. The molecule has 1 aliphatic rings. The predicted octanol–water partition coefficient (Wildman–Crippen LogP) is 2.47. The third-order valence-corrected chi connectivity index (χ3v) is 4.57. The molecule has 0 aromatic carbocycles. The molecule has 0 bridgehead atoms. The smallest absolute Gasteiger partial charge is 0.255 e. The molecule has 1 fully saturated rings. The van der Waals surface area contributed by atoms with Gasteiger partial charge in [-0.2, -0.15) is 0 Å². The Kier molecular flexibility index (Phi) is 3.81. The summed E-state index contributed by atoms with van der Waals surface area (Å²) in [6, 6.07) is 0.0491. The van der Waals surface area contributed by atoms with Crippen molar-refractivity contribution in [1.82, 2.24) is 15.3 Å². The molecule has 1 aromatic heterocycles. The maximum absolute atomic E-state index is 12.0. The van der Waals surface area contributed by atoms with Gasteiger partial charge in [0.25, 0.3) is 5.56 Å². The number of aryl methyl sites for hydroxylation is 2. The lowest BCUT2D eigenvalue weighted by Crippen LogP contribution is -2.33. The third kappa shape index (κ3) is 2.89. The van der Waals surface area contributed by atoms with E-state index in [9.17, 15) is 4.79 Å². The average Bonchev–Trinajstić information content (AvgIpc) is 3.05. The minimum absolute atomic E-state index is 0.0145. The number of H-pyrrole nitrogens is 1. The van der Waals surface area contributed by atoms with Gasteiger partial charge in [-0.25, -0.2) is 4.98 Å². The molecule has 1 unspecified atom stereocenters. The van der Waals surface area contributed by atoms with E-state index in [0.29, 0.717) is 17.2 Å². The summed E-state index contributed by atoms with van der Waals surface area (Å²) in [6.45, 7) is 11.3. The molecule has 0 amide bonds. The van der Waals surface area contributed by atoms with Crippen LogP contribution in [0.25, 0.3) is 0 Å². The van der Waals surface area contributed by atoms with Crippen molar-refractivity contribution in [3.05, 3.63) is 27.4 Å². The zero-order valence-corrected chi connectivity index (χ0v) is 12.6. The minimum atomic E-state index is -0.0145. The van der Waals surface area contributed by atoms with Crippen LogP contribution in [0.5, 0.6) is 0 Å². The molecule has 4 nitrogen and oxygen atoms in total. The standard InChI is InChI=1S/C15H25N3O/c1-9(2)15(6-7-15)8-16-10(3)13-11(4)17-12(5)18-14(13)19/h9-10,16H,6-8H2,1-5H3,(H,17,18,19). The van der Waals surface area contributed by atoms with Crippen LogP contribution in [-0.4, -0.2) is 16.5 Å². The predicted molar refractivity (Wildman–Crippen MR) is 77.3 cm³/mol. The van der Waals surface area contributed by atoms with Gasteiger partial charge in [-0.3, -0.25) is 4.79 Å². The van der Waals surface area contributed by atoms with E-state index >= 15 is 0 Å². The maximum Gasteiger partial charge on any atom is 0.255 e. The van der Waals surface area contributed by atoms with Gasteiger partial charge in [0.1, 0.15) is 5.82 Å². The molecule has 106 valence electrons. The van der Waals surface area contributed by atoms with E-state index in [4.69, 9.17) is 0 Å². The normalized spacial score (nSPS) is 18.6. The summed E-state index contributed by atoms with van der Waals surface area (Å²) in [5, 5.41) is 3.52. The second-order valence-corrected chi connectivity index (χ2v) is 6.27. The van der Waals surface area contributed by atoms with E-state index in [1.807, 2.05) is 20.8 Å². The molecule has 1 aromatic rings. The van der Waals surface area contributed by atoms with Gasteiger partial charge in [-0.1, -0.05) is 13.8 Å². The fourth-order valence-electron chi connectivity index (χ4n) is 2.82. The molecule has 0 spiro atoms. The Labute approximate surface area is 115 Å². The van der Waals surface area contributed by atoms with Crippen LogP contribution in [0.3, 0.4) is 0 Å². The second kappa shape index (κ2) is 5.08. The first-order valence-corrected chi connectivity index (χ1v) is 7.16. The zero-order chi connectivity index (χ0) is 14.2. The molecule has 2 rings (SSSR count). The molecule has 19 heavy (non-hydrogen) atoms. The van der Waals surface area contributed by atoms with E-state index in [2.05, 4.69) is 29.1 Å². The number of rotatable bonds is 5. The molecule has 0 saturated heterocycles. The van der Waals surface area contributed by atoms with Crippen LogP contribution in [0.1, 0.15) is 56.7 Å². The highest BCUT2D eigenvalue weighted by Gasteiger charge is 2.45. The minimum Gasteiger partial charge on any atom is -0.310 e. The Morgan fingerprint density at radius 3 is 2.42 bits per heavy atom. The van der Waals surface area contributed by atoms with Crippen molar-refractivity contribution in [1.29, 1.82) is 0 Å². The number of aromatic nitrogens is 2. The molecule has 0 aliphatic heterocycles. The Hall–Kier alpha value is -1.16. The van der Waals surface area contributed by atoms with Crippen molar-refractivity contribution in [3.63, 3.8) is 0 Å². The number of hydrogen-bond acceptors (Lipinski definition) is 3. The summed E-state index contributed by atoms with van der Waals surface area (Å²) in [6.07, 6.45) is 2.59. The number of hydrogen-bond donors (Lipinski definition) is 2. The first-order chi connectivity index (χ1) is 8.85. The maximum atomic E-state index is 12.0. The highest BCUT2D eigenvalue weighted by Crippen LogP contribution is 2.51. The topological polar surface area (TPSA) is 57.8 Å². The first-order valence-electron chi connectivity index (χ1n) is 7.16. The average molecular weight is 263 g/mol. The molecule has 1 heterocycles. The van der Waals surface area contributed by atoms with Crippen LogP contribution in [0.4, 0.5) is 0 Å². The first kappa shape index (κ1) is 14.3. The molecule has 1 saturated carbocycles. The SMILES string of the molecule is Cc1nc(C)c(C(C)NCC2(C(C)C)CC2)c(=O)[nH]1. The van der Waals surface area contributed by atoms with E-state index in [1.54, 1.807) is 0 Å².